The number of quaternary nitrogens is 2. The van der Waals surface area contributed by atoms with Gasteiger partial charge in [-0.05, 0) is 48.5 Å². The molecule has 0 amide bonds. The Bertz CT molecular complexity index is 1730. The molecule has 0 spiro atoms. The Labute approximate surface area is 301 Å². The molecule has 4 aromatic rings. The van der Waals surface area contributed by atoms with E-state index in [2.05, 4.69) is 31.4 Å². The second-order valence-corrected chi connectivity index (χ2v) is 12.3. The molecule has 0 aliphatic heterocycles. The molecule has 5 rings (SSSR count). The highest BCUT2D eigenvalue weighted by atomic mass is 16.5. The van der Waals surface area contributed by atoms with E-state index in [1.54, 1.807) is 28.4 Å². The SMILES string of the molecule is COc1c2cc(N=C(N)N)cc1Cc1cc([NH+]=C(N)[NH3+])cc(c1OC)Cc1cc([NH+]=C(N)[NH3+])cc(c1OC)Cc1cc(N=C(N)N)cc(c1OC)C2. The number of fused-ring (bicyclic) bond motifs is 8. The average Bonchev–Trinajstić information content (AvgIpc) is 3.03. The highest BCUT2D eigenvalue weighted by Crippen LogP contribution is 2.42. The van der Waals surface area contributed by atoms with Gasteiger partial charge in [-0.2, -0.15) is 9.98 Å². The molecule has 0 saturated heterocycles. The van der Waals surface area contributed by atoms with Crippen LogP contribution in [0.1, 0.15) is 44.5 Å². The maximum absolute atomic E-state index is 6.14. The zero-order valence-electron chi connectivity index (χ0n) is 29.9. The Hall–Kier alpha value is -6.52. The molecule has 0 saturated carbocycles. The van der Waals surface area contributed by atoms with Crippen LogP contribution in [0.3, 0.4) is 0 Å². The highest BCUT2D eigenvalue weighted by molar-refractivity contribution is 5.80. The van der Waals surface area contributed by atoms with Crippen LogP contribution in [0.2, 0.25) is 0 Å². The van der Waals surface area contributed by atoms with Gasteiger partial charge in [0, 0.05) is 70.2 Å². The fourth-order valence-corrected chi connectivity index (χ4v) is 6.84. The Kier molecular flexibility index (Phi) is 11.0. The summed E-state index contributed by atoms with van der Waals surface area (Å²) in [5.41, 5.74) is 52.3. The van der Waals surface area contributed by atoms with E-state index in [-0.39, 0.29) is 23.8 Å². The lowest BCUT2D eigenvalue weighted by molar-refractivity contribution is -0.427. The maximum Gasteiger partial charge on any atom is 0.439 e. The van der Waals surface area contributed by atoms with Crippen molar-refractivity contribution in [2.24, 2.45) is 44.4 Å². The summed E-state index contributed by atoms with van der Waals surface area (Å²) in [5, 5.41) is 0. The predicted molar refractivity (Wildman–Crippen MR) is 200 cm³/mol. The minimum atomic E-state index is -0.0893. The molecule has 1 aliphatic rings. The molecule has 0 fully saturated rings. The molecular weight excluding hydrogens is 664 g/mol. The van der Waals surface area contributed by atoms with Crippen LogP contribution in [0.5, 0.6) is 23.0 Å². The number of guanidine groups is 4. The first-order valence-electron chi connectivity index (χ1n) is 16.2. The summed E-state index contributed by atoms with van der Waals surface area (Å²) in [7, 11) is 6.53. The minimum absolute atomic E-state index is 0.0893. The molecule has 1 aliphatic carbocycles. The predicted octanol–water partition coefficient (Wildman–Crippen LogP) is -3.26. The van der Waals surface area contributed by atoms with Gasteiger partial charge in [0.05, 0.1) is 39.8 Å². The van der Waals surface area contributed by atoms with Crippen molar-refractivity contribution in [1.82, 2.24) is 0 Å². The Morgan fingerprint density at radius 2 is 0.692 bits per heavy atom. The lowest BCUT2D eigenvalue weighted by atomic mass is 9.90. The van der Waals surface area contributed by atoms with Crippen molar-refractivity contribution in [3.05, 3.63) is 93.0 Å². The number of nitrogens with two attached hydrogens (primary N) is 6. The fraction of sp³-hybridized carbons (Fsp3) is 0.222. The fourth-order valence-electron chi connectivity index (χ4n) is 6.84. The van der Waals surface area contributed by atoms with E-state index in [4.69, 9.17) is 53.3 Å². The molecule has 16 heteroatoms. The third kappa shape index (κ3) is 8.26. The van der Waals surface area contributed by atoms with Crippen LogP contribution in [0, 0.1) is 0 Å². The molecule has 8 bridgehead atoms. The second-order valence-electron chi connectivity index (χ2n) is 12.3. The summed E-state index contributed by atoms with van der Waals surface area (Å²) in [6.45, 7) is 0. The van der Waals surface area contributed by atoms with Crippen molar-refractivity contribution in [2.45, 2.75) is 25.7 Å². The molecule has 4 aromatic carbocycles. The maximum atomic E-state index is 6.14. The summed E-state index contributed by atoms with van der Waals surface area (Å²) in [6.07, 6.45) is 1.45. The van der Waals surface area contributed by atoms with Crippen LogP contribution in [0.25, 0.3) is 0 Å². The number of nitrogens with one attached hydrogen (secondary N) is 2. The molecule has 0 heterocycles. The quantitative estimate of drug-likeness (QED) is 0.0566. The Morgan fingerprint density at radius 3 is 0.885 bits per heavy atom. The third-order valence-corrected chi connectivity index (χ3v) is 8.41. The second kappa shape index (κ2) is 15.6. The number of nitrogens with zero attached hydrogens (tertiary/aromatic N) is 2. The van der Waals surface area contributed by atoms with E-state index in [1.807, 2.05) is 48.5 Å². The van der Waals surface area contributed by atoms with Gasteiger partial charge in [-0.25, -0.2) is 21.5 Å². The monoisotopic (exact) mass is 712 g/mol. The van der Waals surface area contributed by atoms with Gasteiger partial charge in [0.2, 0.25) is 0 Å². The van der Waals surface area contributed by atoms with Crippen LogP contribution < -0.4 is 74.8 Å². The van der Waals surface area contributed by atoms with Crippen molar-refractivity contribution in [1.29, 1.82) is 0 Å². The van der Waals surface area contributed by atoms with E-state index in [0.717, 1.165) is 55.9 Å². The zero-order valence-corrected chi connectivity index (χ0v) is 29.9. The van der Waals surface area contributed by atoms with Crippen molar-refractivity contribution in [3.8, 4) is 23.0 Å². The number of rotatable bonds is 8. The van der Waals surface area contributed by atoms with Gasteiger partial charge < -0.3 is 41.9 Å². The normalized spacial score (nSPS) is 12.8. The van der Waals surface area contributed by atoms with Crippen molar-refractivity contribution >= 4 is 46.6 Å². The van der Waals surface area contributed by atoms with Gasteiger partial charge in [0.25, 0.3) is 0 Å². The minimum Gasteiger partial charge on any atom is -0.496 e. The molecule has 0 atom stereocenters. The topological polar surface area (TPSA) is 301 Å². The standard InChI is InChI=1S/C36H44N12O4/c1-49-29-17-5-19-11-26(46-34(39)40)13-21(30(19)50-2)7-23-15-28(48-36(43)44)16-24(32(23)52-4)8-22-14-27(47-35(41)42)12-20(31(22)51-3)6-18(29)10-25(9-17)45-33(37)38/h9-16H,5-8H2,1-4H3,(H4,37,38,45)(H4,39,40,46)(H4,41,42,47)(H4,43,44,48)/p+4. The van der Waals surface area contributed by atoms with Crippen LogP contribution in [-0.2, 0) is 25.7 Å². The smallest absolute Gasteiger partial charge is 0.439 e. The largest absolute Gasteiger partial charge is 0.496 e. The number of hydrogen-bond donors (Lipinski definition) is 10. The molecule has 52 heavy (non-hydrogen) atoms. The van der Waals surface area contributed by atoms with Crippen molar-refractivity contribution in [2.75, 3.05) is 28.4 Å². The van der Waals surface area contributed by atoms with Gasteiger partial charge >= 0.3 is 11.9 Å². The van der Waals surface area contributed by atoms with Gasteiger partial charge in [-0.15, -0.1) is 0 Å². The number of hydrogen-bond acceptors (Lipinski definition) is 6. The summed E-state index contributed by atoms with van der Waals surface area (Å²) < 4.78 is 24.5. The number of benzene rings is 4. The summed E-state index contributed by atoms with van der Waals surface area (Å²) in [4.78, 5) is 15.2. The van der Waals surface area contributed by atoms with Crippen molar-refractivity contribution < 1.29 is 40.4 Å². The molecule has 272 valence electrons. The summed E-state index contributed by atoms with van der Waals surface area (Å²) in [6, 6.07) is 15.4. The van der Waals surface area contributed by atoms with E-state index < -0.39 is 0 Å². The van der Waals surface area contributed by atoms with E-state index in [0.29, 0.717) is 60.1 Å². The Morgan fingerprint density at radius 1 is 0.462 bits per heavy atom. The van der Waals surface area contributed by atoms with Crippen LogP contribution in [0.15, 0.2) is 58.5 Å². The summed E-state index contributed by atoms with van der Waals surface area (Å²) in [5.74, 6) is 2.97. The number of methoxy groups -OCH3 is 4. The van der Waals surface area contributed by atoms with Crippen molar-refractivity contribution in [3.63, 3.8) is 0 Å². The average molecular weight is 713 g/mol. The number of ether oxygens (including phenoxy) is 4. The van der Waals surface area contributed by atoms with E-state index in [9.17, 15) is 0 Å². The van der Waals surface area contributed by atoms with Gasteiger partial charge in [0.1, 0.15) is 34.4 Å². The molecular formula is C36H48N12O4+4. The molecule has 20 N–H and O–H groups in total. The van der Waals surface area contributed by atoms with Gasteiger partial charge in [0.15, 0.2) is 11.9 Å². The molecule has 16 nitrogen and oxygen atoms in total. The van der Waals surface area contributed by atoms with Crippen LogP contribution >= 0.6 is 0 Å². The number of aliphatic imine (C=N–C) groups is 2. The molecule has 0 unspecified atom stereocenters. The van der Waals surface area contributed by atoms with E-state index >= 15 is 0 Å². The molecule has 0 aromatic heterocycles. The molecule has 0 radical (unpaired) electrons. The zero-order chi connectivity index (χ0) is 37.7. The summed E-state index contributed by atoms with van der Waals surface area (Å²) >= 11 is 0. The first-order chi connectivity index (χ1) is 24.8. The lowest BCUT2D eigenvalue weighted by Gasteiger charge is -2.22. The van der Waals surface area contributed by atoms with Gasteiger partial charge in [-0.1, -0.05) is 0 Å². The first-order valence-corrected chi connectivity index (χ1v) is 16.2. The van der Waals surface area contributed by atoms with Crippen LogP contribution in [0.4, 0.5) is 22.7 Å². The Balaban J connectivity index is 1.94. The highest BCUT2D eigenvalue weighted by Gasteiger charge is 2.24. The first kappa shape index (κ1) is 36.8. The lowest BCUT2D eigenvalue weighted by Crippen LogP contribution is -2.85. The van der Waals surface area contributed by atoms with Gasteiger partial charge in [-0.3, -0.25) is 11.5 Å². The van der Waals surface area contributed by atoms with E-state index in [1.165, 1.54) is 0 Å². The van der Waals surface area contributed by atoms with Crippen LogP contribution in [-0.4, -0.2) is 52.3 Å². The third-order valence-electron chi connectivity index (χ3n) is 8.41.